The number of carbonyl (C=O) groups is 1. The minimum atomic E-state index is -0.638. The quantitative estimate of drug-likeness (QED) is 0.138. The topological polar surface area (TPSA) is 53.4 Å². The Balaban J connectivity index is 1.24. The van der Waals surface area contributed by atoms with Crippen molar-refractivity contribution in [3.63, 3.8) is 0 Å². The van der Waals surface area contributed by atoms with Crippen molar-refractivity contribution in [1.29, 1.82) is 0 Å². The van der Waals surface area contributed by atoms with E-state index in [0.29, 0.717) is 13.2 Å². The van der Waals surface area contributed by atoms with Gasteiger partial charge in [0.2, 0.25) is 0 Å². The molecule has 1 spiro atoms. The highest BCUT2D eigenvalue weighted by molar-refractivity contribution is 5.96. The lowest BCUT2D eigenvalue weighted by atomic mass is 9.77. The van der Waals surface area contributed by atoms with Crippen LogP contribution >= 0.6 is 0 Å². The number of hydrogen-bond donors (Lipinski definition) is 0. The van der Waals surface area contributed by atoms with Crippen molar-refractivity contribution in [2.75, 3.05) is 13.2 Å². The molecule has 2 aliphatic rings. The molecule has 5 nitrogen and oxygen atoms in total. The number of allylic oxidation sites excluding steroid dienone is 1. The first-order chi connectivity index (χ1) is 21.7. The molecule has 0 N–H and O–H groups in total. The normalized spacial score (nSPS) is 16.9. The molecule has 2 heterocycles. The van der Waals surface area contributed by atoms with Gasteiger partial charge in [-0.05, 0) is 41.2 Å². The van der Waals surface area contributed by atoms with Crippen molar-refractivity contribution >= 4 is 11.9 Å². The molecule has 0 bridgehead atoms. The van der Waals surface area contributed by atoms with Crippen molar-refractivity contribution in [1.82, 2.24) is 9.55 Å². The van der Waals surface area contributed by atoms with Crippen LogP contribution in [0.25, 0.3) is 17.3 Å². The minimum Gasteiger partial charge on any atom is -0.348 e. The zero-order chi connectivity index (χ0) is 29.8. The van der Waals surface area contributed by atoms with Crippen molar-refractivity contribution in [2.45, 2.75) is 37.0 Å². The molecule has 5 aromatic rings. The summed E-state index contributed by atoms with van der Waals surface area (Å²) in [4.78, 5) is 18.2. The van der Waals surface area contributed by atoms with Crippen LogP contribution in [0.4, 0.5) is 0 Å². The van der Waals surface area contributed by atoms with Crippen LogP contribution in [-0.2, 0) is 19.8 Å². The molecule has 1 aliphatic heterocycles. The molecule has 2 fully saturated rings. The van der Waals surface area contributed by atoms with Gasteiger partial charge in [0.25, 0.3) is 0 Å². The zero-order valence-corrected chi connectivity index (χ0v) is 24.7. The fourth-order valence-electron chi connectivity index (χ4n) is 6.94. The highest BCUT2D eigenvalue weighted by Gasteiger charge is 2.41. The first-order valence-corrected chi connectivity index (χ1v) is 15.5. The summed E-state index contributed by atoms with van der Waals surface area (Å²) in [6, 6.07) is 39.9. The van der Waals surface area contributed by atoms with Crippen LogP contribution < -0.4 is 0 Å². The first-order valence-electron chi connectivity index (χ1n) is 15.5. The van der Waals surface area contributed by atoms with E-state index in [9.17, 15) is 4.79 Å². The van der Waals surface area contributed by atoms with E-state index in [4.69, 9.17) is 14.5 Å². The number of aromatic nitrogens is 2. The van der Waals surface area contributed by atoms with Crippen molar-refractivity contribution in [3.05, 3.63) is 156 Å². The Morgan fingerprint density at radius 1 is 0.750 bits per heavy atom. The molecule has 44 heavy (non-hydrogen) atoms. The molecule has 0 radical (unpaired) electrons. The van der Waals surface area contributed by atoms with Gasteiger partial charge in [0.05, 0.1) is 25.2 Å². The molecule has 220 valence electrons. The number of benzene rings is 4. The van der Waals surface area contributed by atoms with Crippen LogP contribution in [0.2, 0.25) is 0 Å². The Labute approximate surface area is 258 Å². The van der Waals surface area contributed by atoms with Gasteiger partial charge in [0.15, 0.2) is 11.6 Å². The van der Waals surface area contributed by atoms with E-state index in [2.05, 4.69) is 108 Å². The van der Waals surface area contributed by atoms with Crippen molar-refractivity contribution < 1.29 is 14.3 Å². The second-order valence-corrected chi connectivity index (χ2v) is 11.7. The number of imidazole rings is 1. The second kappa shape index (κ2) is 12.2. The van der Waals surface area contributed by atoms with Crippen molar-refractivity contribution in [3.8, 4) is 11.3 Å². The first kappa shape index (κ1) is 28.2. The lowest BCUT2D eigenvalue weighted by molar-refractivity contribution is -0.182. The maximum Gasteiger partial charge on any atom is 0.168 e. The highest BCUT2D eigenvalue weighted by Crippen LogP contribution is 2.42. The summed E-state index contributed by atoms with van der Waals surface area (Å²) in [5.74, 6) is -0.297. The summed E-state index contributed by atoms with van der Waals surface area (Å²) in [5.41, 5.74) is 5.58. The highest BCUT2D eigenvalue weighted by atomic mass is 16.7. The zero-order valence-electron chi connectivity index (χ0n) is 24.7. The summed E-state index contributed by atoms with van der Waals surface area (Å²) in [5, 5.41) is 0. The lowest BCUT2D eigenvalue weighted by Gasteiger charge is -2.37. The van der Waals surface area contributed by atoms with Crippen LogP contribution in [0.5, 0.6) is 0 Å². The van der Waals surface area contributed by atoms with E-state index < -0.39 is 11.3 Å². The van der Waals surface area contributed by atoms with Gasteiger partial charge in [-0.2, -0.15) is 0 Å². The molecule has 1 aromatic heterocycles. The average molecular weight is 581 g/mol. The Bertz CT molecular complexity index is 1630. The third kappa shape index (κ3) is 5.23. The predicted octanol–water partition coefficient (Wildman–Crippen LogP) is 7.91. The number of hydrogen-bond acceptors (Lipinski definition) is 4. The summed E-state index contributed by atoms with van der Waals surface area (Å²) in [6.07, 6.45) is 10.9. The number of rotatable bonds is 8. The number of nitrogens with zero attached hydrogens (tertiary/aromatic N) is 2. The summed E-state index contributed by atoms with van der Waals surface area (Å²) < 4.78 is 13.9. The molecule has 0 atom stereocenters. The molecule has 5 heteroatoms. The third-order valence-electron chi connectivity index (χ3n) is 9.17. The average Bonchev–Trinajstić information content (AvgIpc) is 3.77. The molecular weight excluding hydrogens is 544 g/mol. The van der Waals surface area contributed by atoms with E-state index in [1.165, 1.54) is 0 Å². The van der Waals surface area contributed by atoms with Gasteiger partial charge in [-0.15, -0.1) is 0 Å². The van der Waals surface area contributed by atoms with E-state index >= 15 is 0 Å². The largest absolute Gasteiger partial charge is 0.348 e. The maximum atomic E-state index is 13.2. The van der Waals surface area contributed by atoms with Gasteiger partial charge in [0, 0.05) is 30.5 Å². The molecule has 4 aromatic carbocycles. The predicted molar refractivity (Wildman–Crippen MR) is 173 cm³/mol. The van der Waals surface area contributed by atoms with Gasteiger partial charge in [-0.25, -0.2) is 4.98 Å². The van der Waals surface area contributed by atoms with E-state index in [1.807, 2.05) is 30.6 Å². The van der Waals surface area contributed by atoms with Gasteiger partial charge < -0.3 is 14.0 Å². The SMILES string of the molecule is O=C(/C=C/c1ccccc1-c1cn(C(c2ccccc2)(c2ccccc2)c2ccccc2)cn1)C1CCC2(CC1)OCCO2. The summed E-state index contributed by atoms with van der Waals surface area (Å²) in [6.45, 7) is 1.29. The van der Waals surface area contributed by atoms with Crippen LogP contribution in [0, 0.1) is 5.92 Å². The van der Waals surface area contributed by atoms with Crippen LogP contribution in [0.1, 0.15) is 47.9 Å². The number of carbonyl (C=O) groups excluding carboxylic acids is 1. The summed E-state index contributed by atoms with van der Waals surface area (Å²) in [7, 11) is 0. The monoisotopic (exact) mass is 580 g/mol. The van der Waals surface area contributed by atoms with Gasteiger partial charge >= 0.3 is 0 Å². The Kier molecular flexibility index (Phi) is 7.82. The lowest BCUT2D eigenvalue weighted by Crippen LogP contribution is -2.36. The molecule has 1 saturated heterocycles. The molecule has 1 aliphatic carbocycles. The fraction of sp³-hybridized carbons (Fsp3) is 0.231. The second-order valence-electron chi connectivity index (χ2n) is 11.7. The van der Waals surface area contributed by atoms with E-state index in [0.717, 1.165) is 59.2 Å². The third-order valence-corrected chi connectivity index (χ3v) is 9.17. The van der Waals surface area contributed by atoms with Crippen molar-refractivity contribution in [2.24, 2.45) is 5.92 Å². The van der Waals surface area contributed by atoms with Crippen LogP contribution in [0.3, 0.4) is 0 Å². The Hall–Kier alpha value is -4.58. The standard InChI is InChI=1S/C39H36N2O3/c42-37(31-22-24-38(25-23-31)43-26-27-44-38)21-20-30-12-10-11-19-35(30)36-28-41(29-40-36)39(32-13-4-1-5-14-32,33-15-6-2-7-16-33)34-17-8-3-9-18-34/h1-21,28-29,31H,22-27H2/b21-20+. The van der Waals surface area contributed by atoms with Gasteiger partial charge in [-0.3, -0.25) is 4.79 Å². The van der Waals surface area contributed by atoms with Crippen LogP contribution in [-0.4, -0.2) is 34.3 Å². The maximum absolute atomic E-state index is 13.2. The molecule has 0 unspecified atom stereocenters. The Morgan fingerprint density at radius 2 is 1.27 bits per heavy atom. The number of ketones is 1. The smallest absolute Gasteiger partial charge is 0.168 e. The Morgan fingerprint density at radius 3 is 1.84 bits per heavy atom. The fourth-order valence-corrected chi connectivity index (χ4v) is 6.94. The molecule has 1 saturated carbocycles. The van der Waals surface area contributed by atoms with Gasteiger partial charge in [-0.1, -0.05) is 121 Å². The molecular formula is C39H36N2O3. The minimum absolute atomic E-state index is 0.000667. The molecule has 0 amide bonds. The molecule has 7 rings (SSSR count). The van der Waals surface area contributed by atoms with E-state index in [-0.39, 0.29) is 11.7 Å². The van der Waals surface area contributed by atoms with E-state index in [1.54, 1.807) is 6.08 Å². The van der Waals surface area contributed by atoms with Crippen LogP contribution in [0.15, 0.2) is 134 Å². The summed E-state index contributed by atoms with van der Waals surface area (Å²) >= 11 is 0. The number of ether oxygens (including phenoxy) is 2. The van der Waals surface area contributed by atoms with Gasteiger partial charge in [0.1, 0.15) is 5.54 Å².